The van der Waals surface area contributed by atoms with Crippen LogP contribution in [0.1, 0.15) is 54.0 Å². The van der Waals surface area contributed by atoms with Crippen molar-refractivity contribution >= 4 is 9.84 Å². The SMILES string of the molecule is Cc1cc(C)c(C(N)C2CCCC(S(C)(=O)=O)C2)c(C)c1. The molecule has 2 N–H and O–H groups in total. The van der Waals surface area contributed by atoms with E-state index >= 15 is 0 Å². The van der Waals surface area contributed by atoms with Gasteiger partial charge in [-0.05, 0) is 62.6 Å². The van der Waals surface area contributed by atoms with Crippen LogP contribution in [-0.4, -0.2) is 19.9 Å². The van der Waals surface area contributed by atoms with Crippen LogP contribution in [0.3, 0.4) is 0 Å². The second kappa shape index (κ2) is 6.09. The van der Waals surface area contributed by atoms with E-state index in [0.29, 0.717) is 6.42 Å². The van der Waals surface area contributed by atoms with Crippen molar-refractivity contribution in [2.45, 2.75) is 57.7 Å². The molecule has 0 heterocycles. The summed E-state index contributed by atoms with van der Waals surface area (Å²) in [6, 6.07) is 4.27. The minimum absolute atomic E-state index is 0.0600. The lowest BCUT2D eigenvalue weighted by atomic mass is 9.79. The highest BCUT2D eigenvalue weighted by Crippen LogP contribution is 2.37. The van der Waals surface area contributed by atoms with Gasteiger partial charge in [-0.3, -0.25) is 0 Å². The number of hydrogen-bond donors (Lipinski definition) is 1. The molecule has 4 heteroatoms. The smallest absolute Gasteiger partial charge is 0.150 e. The first-order valence-electron chi connectivity index (χ1n) is 7.72. The number of sulfone groups is 1. The third-order valence-electron chi connectivity index (χ3n) is 4.85. The van der Waals surface area contributed by atoms with Gasteiger partial charge in [0.1, 0.15) is 9.84 Å². The summed E-state index contributed by atoms with van der Waals surface area (Å²) >= 11 is 0. The van der Waals surface area contributed by atoms with Gasteiger partial charge in [0.2, 0.25) is 0 Å². The monoisotopic (exact) mass is 309 g/mol. The maximum atomic E-state index is 11.8. The molecule has 0 spiro atoms. The summed E-state index contributed by atoms with van der Waals surface area (Å²) in [6.07, 6.45) is 4.83. The Morgan fingerprint density at radius 3 is 2.24 bits per heavy atom. The summed E-state index contributed by atoms with van der Waals surface area (Å²) < 4.78 is 23.7. The lowest BCUT2D eigenvalue weighted by Crippen LogP contribution is -2.33. The molecule has 3 unspecified atom stereocenters. The van der Waals surface area contributed by atoms with E-state index in [0.717, 1.165) is 19.3 Å². The average Bonchev–Trinajstić information content (AvgIpc) is 2.36. The van der Waals surface area contributed by atoms with Gasteiger partial charge in [-0.25, -0.2) is 8.42 Å². The van der Waals surface area contributed by atoms with Crippen LogP contribution in [0.5, 0.6) is 0 Å². The summed E-state index contributed by atoms with van der Waals surface area (Å²) in [6.45, 7) is 6.30. The van der Waals surface area contributed by atoms with Gasteiger partial charge < -0.3 is 5.73 Å². The zero-order valence-corrected chi connectivity index (χ0v) is 14.3. The van der Waals surface area contributed by atoms with E-state index < -0.39 is 9.84 Å². The fourth-order valence-electron chi connectivity index (χ4n) is 3.85. The molecule has 21 heavy (non-hydrogen) atoms. The van der Waals surface area contributed by atoms with Crippen LogP contribution in [-0.2, 0) is 9.84 Å². The quantitative estimate of drug-likeness (QED) is 0.932. The van der Waals surface area contributed by atoms with Crippen molar-refractivity contribution in [3.05, 3.63) is 34.4 Å². The molecule has 0 amide bonds. The highest BCUT2D eigenvalue weighted by molar-refractivity contribution is 7.91. The van der Waals surface area contributed by atoms with Crippen LogP contribution in [0.2, 0.25) is 0 Å². The Morgan fingerprint density at radius 2 is 1.71 bits per heavy atom. The van der Waals surface area contributed by atoms with E-state index in [2.05, 4.69) is 32.9 Å². The molecule has 0 radical (unpaired) electrons. The van der Waals surface area contributed by atoms with Gasteiger partial charge >= 0.3 is 0 Å². The zero-order chi connectivity index (χ0) is 15.8. The Kier molecular flexibility index (Phi) is 4.79. The Morgan fingerprint density at radius 1 is 1.14 bits per heavy atom. The van der Waals surface area contributed by atoms with Gasteiger partial charge in [-0.15, -0.1) is 0 Å². The van der Waals surface area contributed by atoms with Crippen molar-refractivity contribution < 1.29 is 8.42 Å². The number of nitrogens with two attached hydrogens (primary N) is 1. The normalized spacial score (nSPS) is 24.8. The highest BCUT2D eigenvalue weighted by atomic mass is 32.2. The molecule has 1 aromatic carbocycles. The van der Waals surface area contributed by atoms with Gasteiger partial charge in [0.15, 0.2) is 0 Å². The van der Waals surface area contributed by atoms with Crippen LogP contribution in [0.4, 0.5) is 0 Å². The van der Waals surface area contributed by atoms with Gasteiger partial charge in [0.05, 0.1) is 5.25 Å². The van der Waals surface area contributed by atoms with Crippen LogP contribution < -0.4 is 5.73 Å². The van der Waals surface area contributed by atoms with Crippen molar-refractivity contribution in [1.82, 2.24) is 0 Å². The van der Waals surface area contributed by atoms with E-state index in [1.807, 2.05) is 0 Å². The van der Waals surface area contributed by atoms with Crippen LogP contribution in [0.25, 0.3) is 0 Å². The van der Waals surface area contributed by atoms with E-state index in [9.17, 15) is 8.42 Å². The van der Waals surface area contributed by atoms with Gasteiger partial charge in [-0.1, -0.05) is 24.1 Å². The molecule has 1 aromatic rings. The van der Waals surface area contributed by atoms with Crippen molar-refractivity contribution in [3.63, 3.8) is 0 Å². The number of aryl methyl sites for hydroxylation is 3. The largest absolute Gasteiger partial charge is 0.324 e. The summed E-state index contributed by atoms with van der Waals surface area (Å²) in [5, 5.41) is -0.214. The standard InChI is InChI=1S/C17H27NO2S/c1-11-8-12(2)16(13(3)9-11)17(18)14-6-5-7-15(10-14)21(4,19)20/h8-9,14-15,17H,5-7,10,18H2,1-4H3. The van der Waals surface area contributed by atoms with Crippen molar-refractivity contribution in [3.8, 4) is 0 Å². The average molecular weight is 309 g/mol. The summed E-state index contributed by atoms with van der Waals surface area (Å²) in [5.41, 5.74) is 11.4. The predicted octanol–water partition coefficient (Wildman–Crippen LogP) is 3.22. The Balaban J connectivity index is 2.26. The van der Waals surface area contributed by atoms with Gasteiger partial charge in [-0.2, -0.15) is 0 Å². The molecule has 1 aliphatic carbocycles. The van der Waals surface area contributed by atoms with E-state index in [1.54, 1.807) is 0 Å². The molecule has 0 aromatic heterocycles. The van der Waals surface area contributed by atoms with Crippen LogP contribution in [0, 0.1) is 26.7 Å². The van der Waals surface area contributed by atoms with Crippen molar-refractivity contribution in [2.24, 2.45) is 11.7 Å². The minimum atomic E-state index is -2.96. The third kappa shape index (κ3) is 3.67. The summed E-state index contributed by atoms with van der Waals surface area (Å²) in [5.74, 6) is 0.263. The second-order valence-corrected chi connectivity index (χ2v) is 9.04. The van der Waals surface area contributed by atoms with Gasteiger partial charge in [0.25, 0.3) is 0 Å². The molecule has 3 nitrogen and oxygen atoms in total. The molecule has 3 atom stereocenters. The third-order valence-corrected chi connectivity index (χ3v) is 6.49. The van der Waals surface area contributed by atoms with Gasteiger partial charge in [0, 0.05) is 12.3 Å². The molecule has 2 rings (SSSR count). The highest BCUT2D eigenvalue weighted by Gasteiger charge is 2.33. The first-order valence-corrected chi connectivity index (χ1v) is 9.67. The first kappa shape index (κ1) is 16.5. The zero-order valence-electron chi connectivity index (χ0n) is 13.5. The number of rotatable bonds is 3. The molecular weight excluding hydrogens is 282 g/mol. The van der Waals surface area contributed by atoms with Crippen LogP contribution in [0.15, 0.2) is 12.1 Å². The van der Waals surface area contributed by atoms with E-state index in [4.69, 9.17) is 5.73 Å². The lowest BCUT2D eigenvalue weighted by Gasteiger charge is -2.33. The Labute approximate surface area is 128 Å². The second-order valence-electron chi connectivity index (χ2n) is 6.72. The molecule has 0 aliphatic heterocycles. The van der Waals surface area contributed by atoms with Crippen molar-refractivity contribution in [2.75, 3.05) is 6.26 Å². The Hall–Kier alpha value is -0.870. The molecular formula is C17H27NO2S. The maximum absolute atomic E-state index is 11.8. The predicted molar refractivity (Wildman–Crippen MR) is 88.2 cm³/mol. The lowest BCUT2D eigenvalue weighted by molar-refractivity contribution is 0.307. The fourth-order valence-corrected chi connectivity index (χ4v) is 5.04. The topological polar surface area (TPSA) is 60.2 Å². The van der Waals surface area contributed by atoms with E-state index in [1.165, 1.54) is 28.5 Å². The maximum Gasteiger partial charge on any atom is 0.150 e. The number of hydrogen-bond acceptors (Lipinski definition) is 3. The summed E-state index contributed by atoms with van der Waals surface area (Å²) in [4.78, 5) is 0. The molecule has 1 fully saturated rings. The Bertz CT molecular complexity index is 599. The molecule has 1 aliphatic rings. The molecule has 1 saturated carbocycles. The van der Waals surface area contributed by atoms with E-state index in [-0.39, 0.29) is 17.2 Å². The number of benzene rings is 1. The minimum Gasteiger partial charge on any atom is -0.324 e. The summed E-state index contributed by atoms with van der Waals surface area (Å²) in [7, 11) is -2.96. The van der Waals surface area contributed by atoms with Crippen LogP contribution >= 0.6 is 0 Å². The molecule has 0 saturated heterocycles. The fraction of sp³-hybridized carbons (Fsp3) is 0.647. The molecule has 118 valence electrons. The van der Waals surface area contributed by atoms with Crippen molar-refractivity contribution in [1.29, 1.82) is 0 Å². The molecule has 0 bridgehead atoms. The first-order chi connectivity index (χ1) is 9.70.